The zero-order chi connectivity index (χ0) is 16.7. The number of hydrogen-bond donors (Lipinski definition) is 1. The van der Waals surface area contributed by atoms with Crippen LogP contribution >= 0.6 is 11.6 Å². The number of benzene rings is 1. The lowest BCUT2D eigenvalue weighted by molar-refractivity contribution is -0.124. The molecular formula is C15H15ClN2O5. The molecule has 23 heavy (non-hydrogen) atoms. The fourth-order valence-corrected chi connectivity index (χ4v) is 1.73. The van der Waals surface area contributed by atoms with E-state index in [-0.39, 0.29) is 18.9 Å². The predicted octanol–water partition coefficient (Wildman–Crippen LogP) is 1.99. The second-order valence-electron chi connectivity index (χ2n) is 4.56. The van der Waals surface area contributed by atoms with E-state index in [0.717, 1.165) is 0 Å². The van der Waals surface area contributed by atoms with Crippen molar-refractivity contribution in [3.8, 4) is 5.75 Å². The molecule has 0 aliphatic rings. The number of amides is 1. The molecule has 0 aliphatic carbocycles. The van der Waals surface area contributed by atoms with E-state index < -0.39 is 18.5 Å². The molecule has 8 heteroatoms. The van der Waals surface area contributed by atoms with Crippen molar-refractivity contribution in [1.82, 2.24) is 10.5 Å². The quantitative estimate of drug-likeness (QED) is 0.613. The van der Waals surface area contributed by atoms with Gasteiger partial charge in [-0.05, 0) is 31.2 Å². The summed E-state index contributed by atoms with van der Waals surface area (Å²) in [6.07, 6.45) is 0. The van der Waals surface area contributed by atoms with Crippen molar-refractivity contribution in [3.63, 3.8) is 0 Å². The maximum absolute atomic E-state index is 11.5. The number of nitrogens with zero attached hydrogens (tertiary/aromatic N) is 1. The number of aryl methyl sites for hydroxylation is 1. The number of ether oxygens (including phenoxy) is 2. The highest BCUT2D eigenvalue weighted by atomic mass is 35.5. The van der Waals surface area contributed by atoms with Crippen LogP contribution in [0.15, 0.2) is 34.9 Å². The standard InChI is InChI=1S/C15H15ClN2O5/c1-10-8-13(23-18-10)15(20)22-9-14(19)17-6-7-21-12-4-2-11(16)3-5-12/h2-5,8H,6-7,9H2,1H3,(H,17,19). The van der Waals surface area contributed by atoms with Gasteiger partial charge in [0.25, 0.3) is 5.91 Å². The minimum absolute atomic E-state index is 0.0404. The monoisotopic (exact) mass is 338 g/mol. The highest BCUT2D eigenvalue weighted by Crippen LogP contribution is 2.15. The van der Waals surface area contributed by atoms with Crippen LogP contribution in [0, 0.1) is 6.92 Å². The Labute approximate surface area is 137 Å². The molecular weight excluding hydrogens is 324 g/mol. The normalized spacial score (nSPS) is 10.2. The van der Waals surface area contributed by atoms with Crippen molar-refractivity contribution < 1.29 is 23.6 Å². The summed E-state index contributed by atoms with van der Waals surface area (Å²) in [6, 6.07) is 8.30. The van der Waals surface area contributed by atoms with Crippen LogP contribution in [-0.2, 0) is 9.53 Å². The summed E-state index contributed by atoms with van der Waals surface area (Å²) in [4.78, 5) is 23.1. The van der Waals surface area contributed by atoms with Gasteiger partial charge in [-0.2, -0.15) is 0 Å². The zero-order valence-corrected chi connectivity index (χ0v) is 13.1. The summed E-state index contributed by atoms with van der Waals surface area (Å²) in [7, 11) is 0. The van der Waals surface area contributed by atoms with E-state index >= 15 is 0 Å². The third-order valence-corrected chi connectivity index (χ3v) is 2.92. The first-order valence-electron chi connectivity index (χ1n) is 6.80. The molecule has 122 valence electrons. The van der Waals surface area contributed by atoms with Crippen LogP contribution in [0.25, 0.3) is 0 Å². The summed E-state index contributed by atoms with van der Waals surface area (Å²) in [5.74, 6) is -0.565. The predicted molar refractivity (Wildman–Crippen MR) is 81.5 cm³/mol. The number of carbonyl (C=O) groups excluding carboxylic acids is 2. The summed E-state index contributed by atoms with van der Waals surface area (Å²) >= 11 is 5.76. The number of esters is 1. The number of aromatic nitrogens is 1. The third-order valence-electron chi connectivity index (χ3n) is 2.67. The Bertz CT molecular complexity index is 669. The Hall–Kier alpha value is -2.54. The molecule has 1 heterocycles. The minimum atomic E-state index is -0.738. The van der Waals surface area contributed by atoms with Crippen LogP contribution < -0.4 is 10.1 Å². The zero-order valence-electron chi connectivity index (χ0n) is 12.4. The van der Waals surface area contributed by atoms with E-state index in [9.17, 15) is 9.59 Å². The van der Waals surface area contributed by atoms with Crippen LogP contribution in [0.5, 0.6) is 5.75 Å². The van der Waals surface area contributed by atoms with E-state index in [4.69, 9.17) is 25.6 Å². The van der Waals surface area contributed by atoms with Crippen LogP contribution in [0.4, 0.5) is 0 Å². The molecule has 0 atom stereocenters. The maximum Gasteiger partial charge on any atom is 0.377 e. The molecule has 0 unspecified atom stereocenters. The molecule has 1 amide bonds. The van der Waals surface area contributed by atoms with Crippen LogP contribution in [0.3, 0.4) is 0 Å². The highest BCUT2D eigenvalue weighted by Gasteiger charge is 2.14. The molecule has 0 radical (unpaired) electrons. The molecule has 2 aromatic rings. The number of hydrogen-bond acceptors (Lipinski definition) is 6. The van der Waals surface area contributed by atoms with Gasteiger partial charge in [0.2, 0.25) is 5.76 Å². The van der Waals surface area contributed by atoms with Crippen LogP contribution in [0.2, 0.25) is 5.02 Å². The number of carbonyl (C=O) groups is 2. The Morgan fingerprint density at radius 2 is 2.04 bits per heavy atom. The second kappa shape index (κ2) is 8.19. The lowest BCUT2D eigenvalue weighted by Crippen LogP contribution is -2.32. The van der Waals surface area contributed by atoms with Gasteiger partial charge in [0, 0.05) is 11.1 Å². The Morgan fingerprint density at radius 3 is 2.70 bits per heavy atom. The first-order chi connectivity index (χ1) is 11.0. The van der Waals surface area contributed by atoms with Gasteiger partial charge in [-0.15, -0.1) is 0 Å². The molecule has 0 fully saturated rings. The Morgan fingerprint density at radius 1 is 1.30 bits per heavy atom. The van der Waals surface area contributed by atoms with E-state index in [0.29, 0.717) is 16.5 Å². The fraction of sp³-hybridized carbons (Fsp3) is 0.267. The molecule has 0 aliphatic heterocycles. The van der Waals surface area contributed by atoms with E-state index in [2.05, 4.69) is 10.5 Å². The molecule has 0 spiro atoms. The molecule has 2 rings (SSSR count). The SMILES string of the molecule is Cc1cc(C(=O)OCC(=O)NCCOc2ccc(Cl)cc2)on1. The average molecular weight is 339 g/mol. The van der Waals surface area contributed by atoms with Gasteiger partial charge >= 0.3 is 5.97 Å². The summed E-state index contributed by atoms with van der Waals surface area (Å²) in [5.41, 5.74) is 0.556. The molecule has 0 bridgehead atoms. The molecule has 1 aromatic carbocycles. The van der Waals surface area contributed by atoms with Crippen molar-refractivity contribution in [3.05, 3.63) is 46.8 Å². The van der Waals surface area contributed by atoms with Crippen molar-refractivity contribution in [1.29, 1.82) is 0 Å². The topological polar surface area (TPSA) is 90.7 Å². The van der Waals surface area contributed by atoms with Crippen molar-refractivity contribution in [2.45, 2.75) is 6.92 Å². The number of rotatable bonds is 7. The van der Waals surface area contributed by atoms with E-state index in [1.54, 1.807) is 31.2 Å². The summed E-state index contributed by atoms with van der Waals surface area (Å²) < 4.78 is 14.9. The number of halogens is 1. The Kier molecular flexibility index (Phi) is 5.99. The van der Waals surface area contributed by atoms with Gasteiger partial charge in [-0.25, -0.2) is 4.79 Å². The van der Waals surface area contributed by atoms with Gasteiger partial charge in [0.15, 0.2) is 6.61 Å². The van der Waals surface area contributed by atoms with Gasteiger partial charge < -0.3 is 19.3 Å². The first kappa shape index (κ1) is 16.8. The molecule has 0 saturated heterocycles. The third kappa shape index (κ3) is 5.63. The molecule has 1 N–H and O–H groups in total. The number of nitrogens with one attached hydrogen (secondary N) is 1. The van der Waals surface area contributed by atoms with E-state index in [1.165, 1.54) is 6.07 Å². The van der Waals surface area contributed by atoms with Crippen molar-refractivity contribution in [2.24, 2.45) is 0 Å². The molecule has 1 aromatic heterocycles. The lowest BCUT2D eigenvalue weighted by atomic mass is 10.3. The van der Waals surface area contributed by atoms with Gasteiger partial charge in [0.05, 0.1) is 12.2 Å². The Balaban J connectivity index is 1.61. The van der Waals surface area contributed by atoms with Crippen molar-refractivity contribution in [2.75, 3.05) is 19.8 Å². The average Bonchev–Trinajstić information content (AvgIpc) is 2.97. The van der Waals surface area contributed by atoms with Crippen LogP contribution in [0.1, 0.15) is 16.2 Å². The summed E-state index contributed by atoms with van der Waals surface area (Å²) in [6.45, 7) is 1.83. The highest BCUT2D eigenvalue weighted by molar-refractivity contribution is 6.30. The van der Waals surface area contributed by atoms with Gasteiger partial charge in [-0.1, -0.05) is 16.8 Å². The maximum atomic E-state index is 11.5. The van der Waals surface area contributed by atoms with E-state index in [1.807, 2.05) is 0 Å². The summed E-state index contributed by atoms with van der Waals surface area (Å²) in [5, 5.41) is 6.74. The lowest BCUT2D eigenvalue weighted by Gasteiger charge is -2.08. The van der Waals surface area contributed by atoms with Gasteiger partial charge in [0.1, 0.15) is 12.4 Å². The van der Waals surface area contributed by atoms with Crippen molar-refractivity contribution >= 4 is 23.5 Å². The second-order valence-corrected chi connectivity index (χ2v) is 5.00. The van der Waals surface area contributed by atoms with Gasteiger partial charge in [-0.3, -0.25) is 4.79 Å². The fourth-order valence-electron chi connectivity index (χ4n) is 1.60. The largest absolute Gasteiger partial charge is 0.492 e. The van der Waals surface area contributed by atoms with Crippen LogP contribution in [-0.4, -0.2) is 36.8 Å². The minimum Gasteiger partial charge on any atom is -0.492 e. The first-order valence-corrected chi connectivity index (χ1v) is 7.18. The smallest absolute Gasteiger partial charge is 0.377 e. The molecule has 7 nitrogen and oxygen atoms in total. The molecule has 0 saturated carbocycles.